The van der Waals surface area contributed by atoms with E-state index in [1.165, 1.54) is 0 Å². The maximum absolute atomic E-state index is 12.2. The smallest absolute Gasteiger partial charge is 0.347 e. The largest absolute Gasteiger partial charge is 0.463 e. The average molecular weight is 312 g/mol. The zero-order valence-electron chi connectivity index (χ0n) is 15.1. The topological polar surface area (TPSA) is 52.6 Å². The zero-order valence-corrected chi connectivity index (χ0v) is 15.1. The van der Waals surface area contributed by atoms with E-state index in [2.05, 4.69) is 32.9 Å². The van der Waals surface area contributed by atoms with Gasteiger partial charge < -0.3 is 9.47 Å². The molecule has 0 saturated carbocycles. The van der Waals surface area contributed by atoms with Gasteiger partial charge >= 0.3 is 11.9 Å². The van der Waals surface area contributed by atoms with Gasteiger partial charge in [0.25, 0.3) is 0 Å². The molecule has 128 valence electrons. The zero-order chi connectivity index (χ0) is 17.3. The minimum absolute atomic E-state index is 0.103. The van der Waals surface area contributed by atoms with Crippen LogP contribution in [-0.2, 0) is 19.1 Å². The fraction of sp³-hybridized carbons (Fsp3) is 0.778. The van der Waals surface area contributed by atoms with Crippen molar-refractivity contribution in [3.63, 3.8) is 0 Å². The Morgan fingerprint density at radius 3 is 2.00 bits per heavy atom. The third-order valence-corrected chi connectivity index (χ3v) is 3.32. The molecule has 0 heterocycles. The van der Waals surface area contributed by atoms with E-state index in [9.17, 15) is 9.59 Å². The van der Waals surface area contributed by atoms with Gasteiger partial charge in [-0.05, 0) is 25.2 Å². The van der Waals surface area contributed by atoms with Crippen molar-refractivity contribution in [2.45, 2.75) is 61.0 Å². The fourth-order valence-corrected chi connectivity index (χ4v) is 2.07. The second-order valence-electron chi connectivity index (χ2n) is 6.60. The van der Waals surface area contributed by atoms with Crippen LogP contribution in [0.15, 0.2) is 12.2 Å². The molecule has 0 spiro atoms. The molecule has 0 fully saturated rings. The van der Waals surface area contributed by atoms with E-state index in [4.69, 9.17) is 9.47 Å². The molecular weight excluding hydrogens is 280 g/mol. The number of rotatable bonds is 9. The SMILES string of the molecule is CCOC(=O)C(OC(=O)C(C)CC(C)/C=C\C(C)C)C(C)C. The van der Waals surface area contributed by atoms with Crippen molar-refractivity contribution < 1.29 is 19.1 Å². The summed E-state index contributed by atoms with van der Waals surface area (Å²) in [7, 11) is 0. The van der Waals surface area contributed by atoms with Crippen LogP contribution in [0.25, 0.3) is 0 Å². The molecule has 4 nitrogen and oxygen atoms in total. The number of hydrogen-bond acceptors (Lipinski definition) is 4. The number of hydrogen-bond donors (Lipinski definition) is 0. The maximum Gasteiger partial charge on any atom is 0.347 e. The molecule has 0 aliphatic carbocycles. The lowest BCUT2D eigenvalue weighted by molar-refractivity contribution is -0.173. The molecule has 0 bridgehead atoms. The molecule has 3 unspecified atom stereocenters. The Morgan fingerprint density at radius 1 is 0.955 bits per heavy atom. The summed E-state index contributed by atoms with van der Waals surface area (Å²) in [6.45, 7) is 13.9. The van der Waals surface area contributed by atoms with E-state index in [-0.39, 0.29) is 24.4 Å². The first-order valence-corrected chi connectivity index (χ1v) is 8.24. The van der Waals surface area contributed by atoms with Gasteiger partial charge in [-0.15, -0.1) is 0 Å². The lowest BCUT2D eigenvalue weighted by Gasteiger charge is -2.22. The van der Waals surface area contributed by atoms with Gasteiger partial charge in [0.1, 0.15) is 0 Å². The highest BCUT2D eigenvalue weighted by Crippen LogP contribution is 2.18. The van der Waals surface area contributed by atoms with Crippen LogP contribution >= 0.6 is 0 Å². The predicted octanol–water partition coefficient (Wildman–Crippen LogP) is 3.99. The van der Waals surface area contributed by atoms with Gasteiger partial charge in [0, 0.05) is 5.92 Å². The van der Waals surface area contributed by atoms with Crippen LogP contribution in [0.4, 0.5) is 0 Å². The van der Waals surface area contributed by atoms with E-state index in [1.54, 1.807) is 6.92 Å². The third-order valence-electron chi connectivity index (χ3n) is 3.32. The van der Waals surface area contributed by atoms with E-state index in [0.29, 0.717) is 18.3 Å². The average Bonchev–Trinajstić information content (AvgIpc) is 2.41. The van der Waals surface area contributed by atoms with Gasteiger partial charge in [0.15, 0.2) is 0 Å². The Bertz CT molecular complexity index is 371. The molecular formula is C18H32O4. The molecule has 0 saturated heterocycles. The Labute approximate surface area is 135 Å². The number of carbonyl (C=O) groups is 2. The molecule has 0 rings (SSSR count). The van der Waals surface area contributed by atoms with Gasteiger partial charge in [0.05, 0.1) is 12.5 Å². The van der Waals surface area contributed by atoms with Crippen LogP contribution in [0.5, 0.6) is 0 Å². The molecule has 0 aromatic carbocycles. The van der Waals surface area contributed by atoms with Crippen molar-refractivity contribution >= 4 is 11.9 Å². The first-order chi connectivity index (χ1) is 10.2. The molecule has 0 amide bonds. The van der Waals surface area contributed by atoms with E-state index < -0.39 is 12.1 Å². The van der Waals surface area contributed by atoms with Crippen LogP contribution in [-0.4, -0.2) is 24.6 Å². The highest BCUT2D eigenvalue weighted by Gasteiger charge is 2.29. The monoisotopic (exact) mass is 312 g/mol. The standard InChI is InChI=1S/C18H32O4/c1-8-21-18(20)16(13(4)5)22-17(19)15(7)11-14(6)10-9-12(2)3/h9-10,12-16H,8,11H2,1-7H3/b10-9-. The Balaban J connectivity index is 4.57. The lowest BCUT2D eigenvalue weighted by atomic mass is 9.96. The Morgan fingerprint density at radius 2 is 1.55 bits per heavy atom. The van der Waals surface area contributed by atoms with Gasteiger partial charge in [-0.2, -0.15) is 0 Å². The molecule has 0 N–H and O–H groups in total. The first kappa shape index (κ1) is 20.7. The van der Waals surface area contributed by atoms with E-state index >= 15 is 0 Å². The molecule has 0 aliphatic heterocycles. The van der Waals surface area contributed by atoms with Crippen LogP contribution in [0.2, 0.25) is 0 Å². The van der Waals surface area contributed by atoms with Crippen molar-refractivity contribution in [1.29, 1.82) is 0 Å². The van der Waals surface area contributed by atoms with E-state index in [0.717, 1.165) is 0 Å². The van der Waals surface area contributed by atoms with Crippen molar-refractivity contribution in [3.05, 3.63) is 12.2 Å². The number of carbonyl (C=O) groups excluding carboxylic acids is 2. The number of esters is 2. The number of allylic oxidation sites excluding steroid dienone is 2. The summed E-state index contributed by atoms with van der Waals surface area (Å²) in [5, 5.41) is 0. The second-order valence-corrected chi connectivity index (χ2v) is 6.60. The van der Waals surface area contributed by atoms with Gasteiger partial charge in [-0.1, -0.05) is 53.7 Å². The van der Waals surface area contributed by atoms with E-state index in [1.807, 2.05) is 20.8 Å². The molecule has 3 atom stereocenters. The Hall–Kier alpha value is -1.32. The summed E-state index contributed by atoms with van der Waals surface area (Å²) < 4.78 is 10.3. The van der Waals surface area contributed by atoms with Gasteiger partial charge in [-0.3, -0.25) is 4.79 Å². The summed E-state index contributed by atoms with van der Waals surface area (Å²) in [5.41, 5.74) is 0. The molecule has 0 radical (unpaired) electrons. The molecule has 0 aliphatic rings. The minimum atomic E-state index is -0.823. The maximum atomic E-state index is 12.2. The van der Waals surface area contributed by atoms with Crippen molar-refractivity contribution in [2.24, 2.45) is 23.7 Å². The van der Waals surface area contributed by atoms with Crippen molar-refractivity contribution in [2.75, 3.05) is 6.61 Å². The molecule has 0 aromatic rings. The second kappa shape index (κ2) is 10.4. The third kappa shape index (κ3) is 8.20. The minimum Gasteiger partial charge on any atom is -0.463 e. The van der Waals surface area contributed by atoms with Crippen LogP contribution in [0.3, 0.4) is 0 Å². The van der Waals surface area contributed by atoms with Gasteiger partial charge in [-0.25, -0.2) is 4.79 Å². The fourth-order valence-electron chi connectivity index (χ4n) is 2.07. The Kier molecular flexibility index (Phi) is 9.79. The predicted molar refractivity (Wildman–Crippen MR) is 88.3 cm³/mol. The lowest BCUT2D eigenvalue weighted by Crippen LogP contribution is -2.35. The molecule has 4 heteroatoms. The summed E-state index contributed by atoms with van der Waals surface area (Å²) in [5.74, 6) is -0.359. The van der Waals surface area contributed by atoms with Gasteiger partial charge in [0.2, 0.25) is 6.10 Å². The van der Waals surface area contributed by atoms with Crippen molar-refractivity contribution in [1.82, 2.24) is 0 Å². The van der Waals surface area contributed by atoms with Crippen LogP contribution in [0.1, 0.15) is 54.9 Å². The normalized spacial score (nSPS) is 15.9. The number of ether oxygens (including phenoxy) is 2. The first-order valence-electron chi connectivity index (χ1n) is 8.24. The molecule has 22 heavy (non-hydrogen) atoms. The van der Waals surface area contributed by atoms with Crippen LogP contribution < -0.4 is 0 Å². The quantitative estimate of drug-likeness (QED) is 0.477. The summed E-state index contributed by atoms with van der Waals surface area (Å²) in [4.78, 5) is 24.0. The molecule has 0 aromatic heterocycles. The summed E-state index contributed by atoms with van der Waals surface area (Å²) in [6.07, 6.45) is 4.14. The summed E-state index contributed by atoms with van der Waals surface area (Å²) in [6, 6.07) is 0. The highest BCUT2D eigenvalue weighted by atomic mass is 16.6. The highest BCUT2D eigenvalue weighted by molar-refractivity contribution is 5.80. The summed E-state index contributed by atoms with van der Waals surface area (Å²) >= 11 is 0. The van der Waals surface area contributed by atoms with Crippen LogP contribution in [0, 0.1) is 23.7 Å². The van der Waals surface area contributed by atoms with Crippen molar-refractivity contribution in [3.8, 4) is 0 Å².